The number of guanidine groups is 1. The SMILES string of the molecule is CC(C)CC(NC(=O)C(Cc1c[nH]c2ccccc12)NC(=O)C(Cc1ccccc1)NC(=O)C(N)CCCN=C(N)N)C(=O)O. The van der Waals surface area contributed by atoms with E-state index in [4.69, 9.17) is 17.2 Å². The molecule has 0 radical (unpaired) electrons. The largest absolute Gasteiger partial charge is 0.480 e. The van der Waals surface area contributed by atoms with E-state index in [0.717, 1.165) is 22.0 Å². The quantitative estimate of drug-likeness (QED) is 0.0613. The van der Waals surface area contributed by atoms with Gasteiger partial charge in [0.2, 0.25) is 17.7 Å². The lowest BCUT2D eigenvalue weighted by Crippen LogP contribution is -2.58. The van der Waals surface area contributed by atoms with Gasteiger partial charge in [0.1, 0.15) is 18.1 Å². The number of hydrogen-bond donors (Lipinski definition) is 8. The van der Waals surface area contributed by atoms with Crippen LogP contribution in [0.25, 0.3) is 10.9 Å². The van der Waals surface area contributed by atoms with Gasteiger partial charge in [-0.2, -0.15) is 0 Å². The van der Waals surface area contributed by atoms with Crippen LogP contribution in [0.5, 0.6) is 0 Å². The summed E-state index contributed by atoms with van der Waals surface area (Å²) >= 11 is 0. The molecule has 3 rings (SSSR count). The minimum absolute atomic E-state index is 0.00204. The van der Waals surface area contributed by atoms with E-state index in [1.54, 1.807) is 6.20 Å². The molecule has 4 atom stereocenters. The first-order valence-electron chi connectivity index (χ1n) is 15.0. The number of nitrogens with zero attached hydrogens (tertiary/aromatic N) is 1. The van der Waals surface area contributed by atoms with E-state index in [2.05, 4.69) is 25.9 Å². The number of hydrogen-bond acceptors (Lipinski definition) is 6. The number of para-hydroxylation sites is 1. The summed E-state index contributed by atoms with van der Waals surface area (Å²) in [5.74, 6) is -3.04. The molecule has 1 aromatic heterocycles. The molecule has 0 aliphatic rings. The highest BCUT2D eigenvalue weighted by Gasteiger charge is 2.31. The van der Waals surface area contributed by atoms with Crippen LogP contribution in [0.3, 0.4) is 0 Å². The van der Waals surface area contributed by atoms with E-state index in [-0.39, 0.29) is 37.6 Å². The van der Waals surface area contributed by atoms with Gasteiger partial charge in [0, 0.05) is 36.5 Å². The van der Waals surface area contributed by atoms with E-state index < -0.39 is 47.9 Å². The summed E-state index contributed by atoms with van der Waals surface area (Å²) in [4.78, 5) is 59.5. The van der Waals surface area contributed by atoms with Crippen LogP contribution < -0.4 is 33.2 Å². The second-order valence-corrected chi connectivity index (χ2v) is 11.5. The Labute approximate surface area is 262 Å². The fourth-order valence-corrected chi connectivity index (χ4v) is 4.96. The zero-order valence-corrected chi connectivity index (χ0v) is 25.7. The van der Waals surface area contributed by atoms with Gasteiger partial charge < -0.3 is 43.2 Å². The molecule has 242 valence electrons. The molecule has 4 unspecified atom stereocenters. The lowest BCUT2D eigenvalue weighted by molar-refractivity contribution is -0.142. The van der Waals surface area contributed by atoms with Gasteiger partial charge in [0.15, 0.2) is 5.96 Å². The Balaban J connectivity index is 1.85. The summed E-state index contributed by atoms with van der Waals surface area (Å²) in [7, 11) is 0. The van der Waals surface area contributed by atoms with Crippen LogP contribution in [-0.4, -0.2) is 70.5 Å². The lowest BCUT2D eigenvalue weighted by atomic mass is 10.00. The lowest BCUT2D eigenvalue weighted by Gasteiger charge is -2.26. The maximum Gasteiger partial charge on any atom is 0.326 e. The number of aliphatic imine (C=N–C) groups is 1. The first kappa shape index (κ1) is 34.6. The van der Waals surface area contributed by atoms with Gasteiger partial charge >= 0.3 is 5.97 Å². The maximum absolute atomic E-state index is 13.8. The molecule has 13 heteroatoms. The third kappa shape index (κ3) is 10.9. The highest BCUT2D eigenvalue weighted by molar-refractivity contribution is 5.95. The molecule has 0 spiro atoms. The monoisotopic (exact) mass is 620 g/mol. The van der Waals surface area contributed by atoms with Gasteiger partial charge in [-0.3, -0.25) is 19.4 Å². The number of benzene rings is 2. The fraction of sp³-hybridized carbons (Fsp3) is 0.406. The molecule has 3 amide bonds. The molecule has 1 heterocycles. The van der Waals surface area contributed by atoms with Crippen LogP contribution in [0.2, 0.25) is 0 Å². The molecule has 0 saturated carbocycles. The number of H-pyrrole nitrogens is 1. The summed E-state index contributed by atoms with van der Waals surface area (Å²) in [6.07, 6.45) is 2.90. The van der Waals surface area contributed by atoms with Gasteiger partial charge in [-0.15, -0.1) is 0 Å². The minimum Gasteiger partial charge on any atom is -0.480 e. The first-order valence-corrected chi connectivity index (χ1v) is 15.0. The summed E-state index contributed by atoms with van der Waals surface area (Å²) in [5.41, 5.74) is 19.2. The van der Waals surface area contributed by atoms with Crippen molar-refractivity contribution in [3.05, 3.63) is 71.9 Å². The molecule has 13 nitrogen and oxygen atoms in total. The van der Waals surface area contributed by atoms with Crippen LogP contribution in [0, 0.1) is 5.92 Å². The van der Waals surface area contributed by atoms with Gasteiger partial charge in [0.25, 0.3) is 0 Å². The molecule has 2 aromatic carbocycles. The molecule has 0 saturated heterocycles. The number of carboxylic acid groups (broad SMARTS) is 1. The van der Waals surface area contributed by atoms with Crippen molar-refractivity contribution in [1.82, 2.24) is 20.9 Å². The molecular formula is C32H44N8O5. The van der Waals surface area contributed by atoms with Gasteiger partial charge in [-0.1, -0.05) is 62.4 Å². The number of aromatic amines is 1. The Bertz CT molecular complexity index is 1470. The highest BCUT2D eigenvalue weighted by Crippen LogP contribution is 2.20. The first-order chi connectivity index (χ1) is 21.4. The fourth-order valence-electron chi connectivity index (χ4n) is 4.96. The number of aromatic nitrogens is 1. The number of nitrogens with two attached hydrogens (primary N) is 3. The number of fused-ring (bicyclic) bond motifs is 1. The Hall–Kier alpha value is -4.91. The predicted molar refractivity (Wildman–Crippen MR) is 173 cm³/mol. The molecule has 0 bridgehead atoms. The van der Waals surface area contributed by atoms with Crippen molar-refractivity contribution in [2.24, 2.45) is 28.1 Å². The Morgan fingerprint density at radius 3 is 2.09 bits per heavy atom. The van der Waals surface area contributed by atoms with Crippen molar-refractivity contribution in [2.75, 3.05) is 6.54 Å². The molecule has 11 N–H and O–H groups in total. The molecule has 0 aliphatic heterocycles. The maximum atomic E-state index is 13.8. The van der Waals surface area contributed by atoms with Crippen LogP contribution >= 0.6 is 0 Å². The number of carbonyl (C=O) groups excluding carboxylic acids is 3. The highest BCUT2D eigenvalue weighted by atomic mass is 16.4. The van der Waals surface area contributed by atoms with Gasteiger partial charge in [-0.05, 0) is 42.4 Å². The Kier molecular flexibility index (Phi) is 12.9. The molecule has 45 heavy (non-hydrogen) atoms. The van der Waals surface area contributed by atoms with Gasteiger partial charge in [0.05, 0.1) is 6.04 Å². The van der Waals surface area contributed by atoms with E-state index in [1.807, 2.05) is 68.4 Å². The predicted octanol–water partition coefficient (Wildman–Crippen LogP) is 0.919. The smallest absolute Gasteiger partial charge is 0.326 e. The van der Waals surface area contributed by atoms with Gasteiger partial charge in [-0.25, -0.2) is 4.79 Å². The number of carbonyl (C=O) groups is 4. The number of aliphatic carboxylic acids is 1. The zero-order valence-electron chi connectivity index (χ0n) is 25.7. The average molecular weight is 621 g/mol. The zero-order chi connectivity index (χ0) is 32.9. The molecular weight excluding hydrogens is 576 g/mol. The second kappa shape index (κ2) is 16.8. The van der Waals surface area contributed by atoms with Crippen molar-refractivity contribution in [1.29, 1.82) is 0 Å². The number of amides is 3. The minimum atomic E-state index is -1.17. The third-order valence-corrected chi connectivity index (χ3v) is 7.27. The summed E-state index contributed by atoms with van der Waals surface area (Å²) in [5, 5.41) is 18.7. The van der Waals surface area contributed by atoms with Crippen molar-refractivity contribution in [3.63, 3.8) is 0 Å². The molecule has 0 aliphatic carbocycles. The summed E-state index contributed by atoms with van der Waals surface area (Å²) < 4.78 is 0. The molecule has 3 aromatic rings. The van der Waals surface area contributed by atoms with E-state index >= 15 is 0 Å². The standard InChI is InChI=1S/C32H44N8O5/c1-19(2)15-27(31(44)45)40-30(43)26(17-21-18-37-24-13-7-6-11-22(21)24)39-29(42)25(16-20-9-4-3-5-10-20)38-28(41)23(33)12-8-14-36-32(34)35/h3-7,9-11,13,18-19,23,25-27,37H,8,12,14-17,33H2,1-2H3,(H,38,41)(H,39,42)(H,40,43)(H,44,45)(H4,34,35,36). The van der Waals surface area contributed by atoms with Crippen LogP contribution in [-0.2, 0) is 32.0 Å². The van der Waals surface area contributed by atoms with E-state index in [0.29, 0.717) is 13.0 Å². The summed E-state index contributed by atoms with van der Waals surface area (Å²) in [6.45, 7) is 4.02. The van der Waals surface area contributed by atoms with Crippen LogP contribution in [0.1, 0.15) is 44.2 Å². The normalized spacial score (nSPS) is 13.8. The Morgan fingerprint density at radius 2 is 1.44 bits per heavy atom. The second-order valence-electron chi connectivity index (χ2n) is 11.5. The van der Waals surface area contributed by atoms with Crippen molar-refractivity contribution in [3.8, 4) is 0 Å². The van der Waals surface area contributed by atoms with Crippen LogP contribution in [0.4, 0.5) is 0 Å². The molecule has 0 fully saturated rings. The number of nitrogens with one attached hydrogen (secondary N) is 4. The van der Waals surface area contributed by atoms with Crippen LogP contribution in [0.15, 0.2) is 65.8 Å². The average Bonchev–Trinajstić information content (AvgIpc) is 3.40. The van der Waals surface area contributed by atoms with Crippen molar-refractivity contribution < 1.29 is 24.3 Å². The summed E-state index contributed by atoms with van der Waals surface area (Å²) in [6, 6.07) is 12.3. The number of rotatable bonds is 17. The van der Waals surface area contributed by atoms with Crippen molar-refractivity contribution in [2.45, 2.75) is 70.1 Å². The van der Waals surface area contributed by atoms with E-state index in [9.17, 15) is 24.3 Å². The third-order valence-electron chi connectivity index (χ3n) is 7.27. The van der Waals surface area contributed by atoms with E-state index in [1.165, 1.54) is 0 Å². The van der Waals surface area contributed by atoms with Crippen molar-refractivity contribution >= 4 is 40.6 Å². The number of carboxylic acids is 1. The Morgan fingerprint density at radius 1 is 0.844 bits per heavy atom. The topological polar surface area (TPSA) is 231 Å².